The van der Waals surface area contributed by atoms with Crippen molar-refractivity contribution < 1.29 is 4.79 Å². The zero-order valence-electron chi connectivity index (χ0n) is 11.4. The molecule has 1 amide bonds. The monoisotopic (exact) mass is 306 g/mol. The average molecular weight is 306 g/mol. The Balaban J connectivity index is 1.98. The number of anilines is 1. The summed E-state index contributed by atoms with van der Waals surface area (Å²) < 4.78 is 0. The summed E-state index contributed by atoms with van der Waals surface area (Å²) in [4.78, 5) is 15.3. The molecule has 0 bridgehead atoms. The number of rotatable bonds is 2. The van der Waals surface area contributed by atoms with Gasteiger partial charge in [0, 0.05) is 17.8 Å². The van der Waals surface area contributed by atoms with Crippen LogP contribution in [0.4, 0.5) is 5.00 Å². The highest BCUT2D eigenvalue weighted by Crippen LogP contribution is 2.41. The minimum Gasteiger partial charge on any atom is -0.302 e. The fourth-order valence-corrected chi connectivity index (χ4v) is 4.74. The van der Waals surface area contributed by atoms with Crippen molar-refractivity contribution in [3.05, 3.63) is 16.0 Å². The largest absolute Gasteiger partial charge is 0.302 e. The molecular weight excluding hydrogens is 288 g/mol. The van der Waals surface area contributed by atoms with Crippen molar-refractivity contribution in [1.82, 2.24) is 0 Å². The number of nitrogens with zero attached hydrogens (tertiary/aromatic N) is 2. The van der Waals surface area contributed by atoms with Crippen LogP contribution in [-0.2, 0) is 17.6 Å². The number of amides is 1. The molecule has 5 heteroatoms. The van der Waals surface area contributed by atoms with E-state index >= 15 is 0 Å². The van der Waals surface area contributed by atoms with Crippen molar-refractivity contribution in [3.8, 4) is 6.07 Å². The number of fused-ring (bicyclic) bond motifs is 1. The van der Waals surface area contributed by atoms with Gasteiger partial charge in [-0.2, -0.15) is 17.9 Å². The van der Waals surface area contributed by atoms with Crippen LogP contribution in [0.25, 0.3) is 0 Å². The molecule has 2 aliphatic rings. The second-order valence-corrected chi connectivity index (χ2v) is 7.06. The smallest absolute Gasteiger partial charge is 0.228 e. The Morgan fingerprint density at radius 2 is 2.15 bits per heavy atom. The van der Waals surface area contributed by atoms with Crippen molar-refractivity contribution in [2.45, 2.75) is 38.5 Å². The molecule has 1 saturated heterocycles. The quantitative estimate of drug-likeness (QED) is 0.674. The Labute approximate surface area is 129 Å². The van der Waals surface area contributed by atoms with Crippen LogP contribution in [-0.4, -0.2) is 18.2 Å². The lowest BCUT2D eigenvalue weighted by atomic mass is 10.1. The van der Waals surface area contributed by atoms with E-state index in [-0.39, 0.29) is 5.91 Å². The van der Waals surface area contributed by atoms with Gasteiger partial charge in [0.15, 0.2) is 0 Å². The lowest BCUT2D eigenvalue weighted by Gasteiger charge is -2.15. The van der Waals surface area contributed by atoms with Crippen LogP contribution in [0.3, 0.4) is 0 Å². The summed E-state index contributed by atoms with van der Waals surface area (Å²) in [5, 5.41) is 10.4. The summed E-state index contributed by atoms with van der Waals surface area (Å²) in [5.74, 6) is 1.20. The van der Waals surface area contributed by atoms with Gasteiger partial charge in [-0.15, -0.1) is 11.3 Å². The molecule has 1 aromatic rings. The highest BCUT2D eigenvalue weighted by Gasteiger charge is 2.33. The Hall–Kier alpha value is -0.990. The van der Waals surface area contributed by atoms with E-state index < -0.39 is 0 Å². The minimum atomic E-state index is 0.150. The number of nitriles is 1. The third-order valence-corrected chi connectivity index (χ3v) is 6.05. The number of hydrogen-bond acceptors (Lipinski definition) is 4. The highest BCUT2D eigenvalue weighted by atomic mass is 32.1. The molecule has 0 N–H and O–H groups in total. The number of aryl methyl sites for hydroxylation is 1. The molecule has 1 fully saturated rings. The van der Waals surface area contributed by atoms with E-state index in [1.54, 1.807) is 11.3 Å². The van der Waals surface area contributed by atoms with E-state index in [0.29, 0.717) is 12.3 Å². The van der Waals surface area contributed by atoms with Crippen LogP contribution in [0.15, 0.2) is 0 Å². The standard InChI is InChI=1S/C15H18N2OS2/c16-7-12-11-4-2-1-3-5-13(11)20-15(12)17-8-10(9-19)6-14(17)18/h10,19H,1-6,8-9H2. The molecule has 1 atom stereocenters. The summed E-state index contributed by atoms with van der Waals surface area (Å²) in [5.41, 5.74) is 1.98. The minimum absolute atomic E-state index is 0.150. The fraction of sp³-hybridized carbons (Fsp3) is 0.600. The number of hydrogen-bond donors (Lipinski definition) is 1. The zero-order valence-corrected chi connectivity index (χ0v) is 13.1. The molecule has 1 aliphatic heterocycles. The molecule has 0 aromatic carbocycles. The number of carbonyl (C=O) groups excluding carboxylic acids is 1. The number of thiophene rings is 1. The lowest BCUT2D eigenvalue weighted by Crippen LogP contribution is -2.24. The third kappa shape index (κ3) is 2.36. The number of carbonyl (C=O) groups is 1. The SMILES string of the molecule is N#Cc1c(N2CC(CS)CC2=O)sc2c1CCCCC2. The van der Waals surface area contributed by atoms with Gasteiger partial charge in [-0.1, -0.05) is 6.42 Å². The second kappa shape index (κ2) is 5.79. The molecule has 1 aromatic heterocycles. The predicted molar refractivity (Wildman–Crippen MR) is 84.6 cm³/mol. The molecule has 3 nitrogen and oxygen atoms in total. The van der Waals surface area contributed by atoms with E-state index in [2.05, 4.69) is 18.7 Å². The van der Waals surface area contributed by atoms with Gasteiger partial charge in [0.2, 0.25) is 5.91 Å². The molecule has 0 spiro atoms. The molecule has 106 valence electrons. The van der Waals surface area contributed by atoms with Crippen molar-refractivity contribution >= 4 is 34.9 Å². The Morgan fingerprint density at radius 1 is 1.35 bits per heavy atom. The van der Waals surface area contributed by atoms with Gasteiger partial charge >= 0.3 is 0 Å². The predicted octanol–water partition coefficient (Wildman–Crippen LogP) is 3.17. The maximum absolute atomic E-state index is 12.2. The summed E-state index contributed by atoms with van der Waals surface area (Å²) in [6.07, 6.45) is 6.22. The first-order valence-electron chi connectivity index (χ1n) is 7.20. The van der Waals surface area contributed by atoms with Crippen LogP contribution >= 0.6 is 24.0 Å². The van der Waals surface area contributed by atoms with Gasteiger partial charge < -0.3 is 4.90 Å². The van der Waals surface area contributed by atoms with Gasteiger partial charge in [-0.3, -0.25) is 4.79 Å². The third-order valence-electron chi connectivity index (χ3n) is 4.22. The summed E-state index contributed by atoms with van der Waals surface area (Å²) in [7, 11) is 0. The first-order chi connectivity index (χ1) is 9.74. The van der Waals surface area contributed by atoms with Crippen LogP contribution in [0.2, 0.25) is 0 Å². The molecule has 20 heavy (non-hydrogen) atoms. The van der Waals surface area contributed by atoms with Gasteiger partial charge in [-0.25, -0.2) is 0 Å². The summed E-state index contributed by atoms with van der Waals surface area (Å²) in [6, 6.07) is 2.36. The lowest BCUT2D eigenvalue weighted by molar-refractivity contribution is -0.117. The van der Waals surface area contributed by atoms with E-state index in [9.17, 15) is 10.1 Å². The normalized spacial score (nSPS) is 22.5. The first-order valence-corrected chi connectivity index (χ1v) is 8.65. The maximum Gasteiger partial charge on any atom is 0.228 e. The zero-order chi connectivity index (χ0) is 14.1. The van der Waals surface area contributed by atoms with Crippen molar-refractivity contribution in [2.75, 3.05) is 17.2 Å². The van der Waals surface area contributed by atoms with Gasteiger partial charge in [0.1, 0.15) is 11.1 Å². The molecule has 1 aliphatic carbocycles. The van der Waals surface area contributed by atoms with Crippen molar-refractivity contribution in [1.29, 1.82) is 5.26 Å². The maximum atomic E-state index is 12.2. The molecule has 1 unspecified atom stereocenters. The molecule has 2 heterocycles. The topological polar surface area (TPSA) is 44.1 Å². The number of thiol groups is 1. The van der Waals surface area contributed by atoms with Crippen molar-refractivity contribution in [2.24, 2.45) is 5.92 Å². The Morgan fingerprint density at radius 3 is 2.85 bits per heavy atom. The van der Waals surface area contributed by atoms with E-state index in [4.69, 9.17) is 0 Å². The highest BCUT2D eigenvalue weighted by molar-refractivity contribution is 7.80. The molecular formula is C15H18N2OS2. The summed E-state index contributed by atoms with van der Waals surface area (Å²) >= 11 is 5.98. The van der Waals surface area contributed by atoms with Crippen molar-refractivity contribution in [3.63, 3.8) is 0 Å². The van der Waals surface area contributed by atoms with Crippen LogP contribution < -0.4 is 4.90 Å². The summed E-state index contributed by atoms with van der Waals surface area (Å²) in [6.45, 7) is 0.719. The fourth-order valence-electron chi connectivity index (χ4n) is 3.13. The molecule has 3 rings (SSSR count). The molecule has 0 radical (unpaired) electrons. The average Bonchev–Trinajstić information content (AvgIpc) is 2.90. The van der Waals surface area contributed by atoms with Crippen LogP contribution in [0, 0.1) is 17.2 Å². The van der Waals surface area contributed by atoms with Gasteiger partial charge in [0.25, 0.3) is 0 Å². The van der Waals surface area contributed by atoms with E-state index in [1.807, 2.05) is 4.90 Å². The first kappa shape index (κ1) is 14.0. The molecule has 0 saturated carbocycles. The van der Waals surface area contributed by atoms with Crippen LogP contribution in [0.1, 0.15) is 41.7 Å². The van der Waals surface area contributed by atoms with E-state index in [0.717, 1.165) is 42.1 Å². The van der Waals surface area contributed by atoms with Gasteiger partial charge in [0.05, 0.1) is 5.56 Å². The Bertz CT molecular complexity index is 573. The van der Waals surface area contributed by atoms with Crippen LogP contribution in [0.5, 0.6) is 0 Å². The second-order valence-electron chi connectivity index (χ2n) is 5.61. The van der Waals surface area contributed by atoms with E-state index in [1.165, 1.54) is 23.3 Å². The Kier molecular flexibility index (Phi) is 4.04. The van der Waals surface area contributed by atoms with Gasteiger partial charge in [-0.05, 0) is 42.9 Å².